The van der Waals surface area contributed by atoms with E-state index in [9.17, 15) is 9.90 Å². The van der Waals surface area contributed by atoms with Crippen molar-refractivity contribution in [2.45, 2.75) is 25.0 Å². The van der Waals surface area contributed by atoms with Gasteiger partial charge in [-0.05, 0) is 30.5 Å². The van der Waals surface area contributed by atoms with Crippen LogP contribution >= 0.6 is 0 Å². The Hall–Kier alpha value is -1.63. The van der Waals surface area contributed by atoms with Crippen molar-refractivity contribution in [1.29, 1.82) is 0 Å². The Labute approximate surface area is 118 Å². The Bertz CT molecular complexity index is 408. The van der Waals surface area contributed by atoms with Gasteiger partial charge in [-0.2, -0.15) is 0 Å². The zero-order valence-corrected chi connectivity index (χ0v) is 11.6. The second-order valence-electron chi connectivity index (χ2n) is 4.67. The fraction of sp³-hybridized carbons (Fsp3) is 0.500. The Kier molecular flexibility index (Phi) is 7.00. The summed E-state index contributed by atoms with van der Waals surface area (Å²) in [6.45, 7) is 0.599. The first-order chi connectivity index (χ1) is 9.52. The van der Waals surface area contributed by atoms with Gasteiger partial charge in [-0.25, -0.2) is 0 Å². The van der Waals surface area contributed by atoms with E-state index in [0.717, 1.165) is 5.56 Å². The first-order valence-corrected chi connectivity index (χ1v) is 6.51. The van der Waals surface area contributed by atoms with E-state index < -0.39 is 12.1 Å². The number of ether oxygens (including phenoxy) is 1. The fourth-order valence-corrected chi connectivity index (χ4v) is 1.75. The molecule has 0 aliphatic heterocycles. The number of nitrogens with one attached hydrogen (secondary N) is 1. The van der Waals surface area contributed by atoms with Gasteiger partial charge in [0.05, 0.1) is 18.8 Å². The molecule has 6 heteroatoms. The van der Waals surface area contributed by atoms with E-state index >= 15 is 0 Å². The maximum Gasteiger partial charge on any atom is 0.237 e. The van der Waals surface area contributed by atoms with E-state index in [2.05, 4.69) is 5.32 Å². The van der Waals surface area contributed by atoms with Gasteiger partial charge in [-0.1, -0.05) is 12.1 Å². The van der Waals surface area contributed by atoms with Gasteiger partial charge < -0.3 is 26.0 Å². The van der Waals surface area contributed by atoms with Crippen LogP contribution in [0.15, 0.2) is 24.3 Å². The zero-order valence-electron chi connectivity index (χ0n) is 11.6. The van der Waals surface area contributed by atoms with Crippen LogP contribution in [0.2, 0.25) is 0 Å². The summed E-state index contributed by atoms with van der Waals surface area (Å²) in [7, 11) is 1.51. The average Bonchev–Trinajstić information content (AvgIpc) is 2.41. The molecule has 0 aromatic heterocycles. The van der Waals surface area contributed by atoms with Crippen LogP contribution in [-0.2, 0) is 16.0 Å². The number of hydrogen-bond acceptors (Lipinski definition) is 5. The predicted molar refractivity (Wildman–Crippen MR) is 75.3 cm³/mol. The maximum absolute atomic E-state index is 11.8. The molecule has 0 heterocycles. The second-order valence-corrected chi connectivity index (χ2v) is 4.67. The largest absolute Gasteiger partial charge is 0.508 e. The Morgan fingerprint density at radius 3 is 2.65 bits per heavy atom. The molecule has 1 amide bonds. The lowest BCUT2D eigenvalue weighted by Gasteiger charge is -2.14. The smallest absolute Gasteiger partial charge is 0.237 e. The molecule has 2 atom stereocenters. The topological polar surface area (TPSA) is 105 Å². The summed E-state index contributed by atoms with van der Waals surface area (Å²) in [6, 6.07) is 5.91. The van der Waals surface area contributed by atoms with Crippen molar-refractivity contribution < 1.29 is 19.7 Å². The standard InChI is InChI=1S/C14H22N2O4/c1-20-9-12(18)6-7-16-14(19)13(15)8-10-2-4-11(17)5-3-10/h2-5,12-13,17-18H,6-9,15H2,1H3,(H,16,19)/t12?,13-/m0/s1. The minimum Gasteiger partial charge on any atom is -0.508 e. The van der Waals surface area contributed by atoms with Gasteiger partial charge in [0.25, 0.3) is 0 Å². The molecule has 0 spiro atoms. The monoisotopic (exact) mass is 282 g/mol. The van der Waals surface area contributed by atoms with Crippen LogP contribution in [0.25, 0.3) is 0 Å². The summed E-state index contributed by atoms with van der Waals surface area (Å²) in [5, 5.41) is 21.3. The average molecular weight is 282 g/mol. The molecule has 0 saturated heterocycles. The van der Waals surface area contributed by atoms with E-state index in [-0.39, 0.29) is 18.3 Å². The van der Waals surface area contributed by atoms with Crippen LogP contribution in [-0.4, -0.2) is 48.5 Å². The minimum absolute atomic E-state index is 0.180. The number of phenolic OH excluding ortho intramolecular Hbond substituents is 1. The summed E-state index contributed by atoms with van der Waals surface area (Å²) < 4.78 is 4.79. The maximum atomic E-state index is 11.8. The number of aliphatic hydroxyl groups is 1. The highest BCUT2D eigenvalue weighted by molar-refractivity contribution is 5.81. The summed E-state index contributed by atoms with van der Waals surface area (Å²) >= 11 is 0. The van der Waals surface area contributed by atoms with Crippen molar-refractivity contribution in [1.82, 2.24) is 5.32 Å². The van der Waals surface area contributed by atoms with Gasteiger partial charge >= 0.3 is 0 Å². The normalized spacial score (nSPS) is 13.8. The lowest BCUT2D eigenvalue weighted by Crippen LogP contribution is -2.43. The number of methoxy groups -OCH3 is 1. The lowest BCUT2D eigenvalue weighted by atomic mass is 10.1. The van der Waals surface area contributed by atoms with E-state index in [0.29, 0.717) is 19.4 Å². The van der Waals surface area contributed by atoms with E-state index in [1.54, 1.807) is 24.3 Å². The highest BCUT2D eigenvalue weighted by atomic mass is 16.5. The van der Waals surface area contributed by atoms with Gasteiger partial charge in [-0.15, -0.1) is 0 Å². The number of rotatable bonds is 8. The molecule has 0 aliphatic rings. The summed E-state index contributed by atoms with van der Waals surface area (Å²) in [4.78, 5) is 11.8. The third-order valence-electron chi connectivity index (χ3n) is 2.86. The summed E-state index contributed by atoms with van der Waals surface area (Å²) in [6.07, 6.45) is 0.228. The van der Waals surface area contributed by atoms with Gasteiger partial charge in [0.1, 0.15) is 5.75 Å². The highest BCUT2D eigenvalue weighted by Gasteiger charge is 2.14. The van der Waals surface area contributed by atoms with Crippen LogP contribution in [0.1, 0.15) is 12.0 Å². The number of hydrogen-bond donors (Lipinski definition) is 4. The quantitative estimate of drug-likeness (QED) is 0.527. The number of aromatic hydroxyl groups is 1. The first-order valence-electron chi connectivity index (χ1n) is 6.51. The van der Waals surface area contributed by atoms with Crippen LogP contribution < -0.4 is 11.1 Å². The molecular formula is C14H22N2O4. The molecule has 1 unspecified atom stereocenters. The van der Waals surface area contributed by atoms with Crippen molar-refractivity contribution in [2.24, 2.45) is 5.73 Å². The molecule has 0 bridgehead atoms. The number of nitrogens with two attached hydrogens (primary N) is 1. The van der Waals surface area contributed by atoms with Gasteiger partial charge in [-0.3, -0.25) is 4.79 Å². The van der Waals surface area contributed by atoms with Crippen LogP contribution in [0, 0.1) is 0 Å². The molecule has 1 aromatic carbocycles. The zero-order chi connectivity index (χ0) is 15.0. The summed E-state index contributed by atoms with van der Waals surface area (Å²) in [5.41, 5.74) is 6.68. The molecule has 0 saturated carbocycles. The van der Waals surface area contributed by atoms with Crippen LogP contribution in [0.4, 0.5) is 0 Å². The fourth-order valence-electron chi connectivity index (χ4n) is 1.75. The van der Waals surface area contributed by atoms with Crippen LogP contribution in [0.3, 0.4) is 0 Å². The molecule has 0 radical (unpaired) electrons. The van der Waals surface area contributed by atoms with E-state index in [4.69, 9.17) is 15.6 Å². The predicted octanol–water partition coefficient (Wildman–Crippen LogP) is -0.224. The molecule has 5 N–H and O–H groups in total. The molecule has 0 aliphatic carbocycles. The summed E-state index contributed by atoms with van der Waals surface area (Å²) in [5.74, 6) is -0.0819. The number of carbonyl (C=O) groups is 1. The molecule has 20 heavy (non-hydrogen) atoms. The molecule has 0 fully saturated rings. The third-order valence-corrected chi connectivity index (χ3v) is 2.86. The third kappa shape index (κ3) is 6.01. The Morgan fingerprint density at radius 2 is 2.05 bits per heavy atom. The highest BCUT2D eigenvalue weighted by Crippen LogP contribution is 2.10. The van der Waals surface area contributed by atoms with Crippen molar-refractivity contribution in [3.8, 4) is 5.75 Å². The number of benzene rings is 1. The van der Waals surface area contributed by atoms with Gasteiger partial charge in [0.2, 0.25) is 5.91 Å². The molecule has 6 nitrogen and oxygen atoms in total. The number of phenols is 1. The second kappa shape index (κ2) is 8.52. The Balaban J connectivity index is 2.30. The molecule has 112 valence electrons. The molecule has 1 rings (SSSR count). The van der Waals surface area contributed by atoms with Crippen molar-refractivity contribution >= 4 is 5.91 Å². The van der Waals surface area contributed by atoms with Crippen molar-refractivity contribution in [3.05, 3.63) is 29.8 Å². The number of carbonyl (C=O) groups excluding carboxylic acids is 1. The van der Waals surface area contributed by atoms with E-state index in [1.807, 2.05) is 0 Å². The number of aliphatic hydroxyl groups excluding tert-OH is 1. The lowest BCUT2D eigenvalue weighted by molar-refractivity contribution is -0.122. The van der Waals surface area contributed by atoms with Crippen molar-refractivity contribution in [3.63, 3.8) is 0 Å². The van der Waals surface area contributed by atoms with E-state index in [1.165, 1.54) is 7.11 Å². The first kappa shape index (κ1) is 16.4. The van der Waals surface area contributed by atoms with Gasteiger partial charge in [0, 0.05) is 13.7 Å². The van der Waals surface area contributed by atoms with Crippen LogP contribution in [0.5, 0.6) is 5.75 Å². The van der Waals surface area contributed by atoms with Crippen molar-refractivity contribution in [2.75, 3.05) is 20.3 Å². The molecular weight excluding hydrogens is 260 g/mol. The van der Waals surface area contributed by atoms with Gasteiger partial charge in [0.15, 0.2) is 0 Å². The molecule has 1 aromatic rings. The SMILES string of the molecule is COCC(O)CCNC(=O)[C@@H](N)Cc1ccc(O)cc1. The Morgan fingerprint density at radius 1 is 1.40 bits per heavy atom. The number of amides is 1. The minimum atomic E-state index is -0.654.